The topological polar surface area (TPSA) is 112 Å². The second-order valence-corrected chi connectivity index (χ2v) is 6.04. The van der Waals surface area contributed by atoms with Gasteiger partial charge in [-0.2, -0.15) is 4.31 Å². The number of esters is 1. The maximum Gasteiger partial charge on any atom is 0.336 e. The highest BCUT2D eigenvalue weighted by atomic mass is 32.2. The third kappa shape index (κ3) is 2.74. The molecule has 2 heterocycles. The van der Waals surface area contributed by atoms with Crippen molar-refractivity contribution >= 4 is 21.8 Å². The number of carbonyl (C=O) groups excluding carboxylic acids is 1. The van der Waals surface area contributed by atoms with Crippen molar-refractivity contribution in [2.45, 2.75) is 11.0 Å². The molecule has 1 aromatic rings. The second-order valence-electron chi connectivity index (χ2n) is 4.13. The SMILES string of the molecule is COC(=O)C1CN(S(=O)(=O)c2cccnc2N)CCO1. The molecule has 2 rings (SSSR count). The lowest BCUT2D eigenvalue weighted by Crippen LogP contribution is -2.48. The van der Waals surface area contributed by atoms with E-state index in [1.54, 1.807) is 0 Å². The van der Waals surface area contributed by atoms with Crippen LogP contribution in [0, 0.1) is 0 Å². The van der Waals surface area contributed by atoms with Crippen LogP contribution < -0.4 is 5.73 Å². The van der Waals surface area contributed by atoms with Gasteiger partial charge in [-0.15, -0.1) is 0 Å². The van der Waals surface area contributed by atoms with Gasteiger partial charge < -0.3 is 15.2 Å². The summed E-state index contributed by atoms with van der Waals surface area (Å²) in [6.07, 6.45) is 0.478. The number of hydrogen-bond acceptors (Lipinski definition) is 7. The Morgan fingerprint density at radius 2 is 2.35 bits per heavy atom. The van der Waals surface area contributed by atoms with Crippen LogP contribution in [0.3, 0.4) is 0 Å². The van der Waals surface area contributed by atoms with E-state index in [0.29, 0.717) is 0 Å². The van der Waals surface area contributed by atoms with Crippen molar-refractivity contribution in [3.05, 3.63) is 18.3 Å². The number of nitrogens with zero attached hydrogens (tertiary/aromatic N) is 2. The van der Waals surface area contributed by atoms with Gasteiger partial charge in [-0.3, -0.25) is 0 Å². The lowest BCUT2D eigenvalue weighted by atomic mass is 10.3. The Hall–Kier alpha value is -1.71. The zero-order valence-electron chi connectivity index (χ0n) is 10.9. The Morgan fingerprint density at radius 1 is 1.60 bits per heavy atom. The van der Waals surface area contributed by atoms with E-state index in [4.69, 9.17) is 10.5 Å². The highest BCUT2D eigenvalue weighted by molar-refractivity contribution is 7.89. The maximum absolute atomic E-state index is 12.5. The predicted molar refractivity (Wildman–Crippen MR) is 69.2 cm³/mol. The van der Waals surface area contributed by atoms with Gasteiger partial charge in [0.25, 0.3) is 0 Å². The summed E-state index contributed by atoms with van der Waals surface area (Å²) in [5, 5.41) is 0. The number of carbonyl (C=O) groups is 1. The number of anilines is 1. The van der Waals surface area contributed by atoms with Crippen molar-refractivity contribution < 1.29 is 22.7 Å². The van der Waals surface area contributed by atoms with Gasteiger partial charge in [0, 0.05) is 12.7 Å². The molecule has 1 saturated heterocycles. The smallest absolute Gasteiger partial charge is 0.336 e. The van der Waals surface area contributed by atoms with Crippen molar-refractivity contribution in [3.63, 3.8) is 0 Å². The fourth-order valence-corrected chi connectivity index (χ4v) is 3.37. The first-order valence-corrected chi connectivity index (χ1v) is 7.31. The molecule has 1 fully saturated rings. The fraction of sp³-hybridized carbons (Fsp3) is 0.455. The molecule has 0 spiro atoms. The van der Waals surface area contributed by atoms with Crippen LogP contribution in [0.25, 0.3) is 0 Å². The summed E-state index contributed by atoms with van der Waals surface area (Å²) in [5.41, 5.74) is 5.59. The molecule has 0 aromatic carbocycles. The van der Waals surface area contributed by atoms with Crippen LogP contribution in [0.4, 0.5) is 5.82 Å². The summed E-state index contributed by atoms with van der Waals surface area (Å²) < 4.78 is 35.8. The molecule has 0 radical (unpaired) electrons. The number of nitrogen functional groups attached to an aromatic ring is 1. The largest absolute Gasteiger partial charge is 0.467 e. The summed E-state index contributed by atoms with van der Waals surface area (Å²) in [5.74, 6) is -0.683. The maximum atomic E-state index is 12.5. The molecule has 0 aliphatic carbocycles. The second kappa shape index (κ2) is 5.73. The van der Waals surface area contributed by atoms with Crippen molar-refractivity contribution in [2.75, 3.05) is 32.5 Å². The molecule has 1 unspecified atom stereocenters. The van der Waals surface area contributed by atoms with Gasteiger partial charge in [-0.25, -0.2) is 18.2 Å². The number of pyridine rings is 1. The molecule has 0 saturated carbocycles. The third-order valence-corrected chi connectivity index (χ3v) is 4.82. The van der Waals surface area contributed by atoms with Crippen LogP contribution in [-0.4, -0.2) is 56.6 Å². The predicted octanol–water partition coefficient (Wildman–Crippen LogP) is -0.774. The third-order valence-electron chi connectivity index (χ3n) is 2.91. The summed E-state index contributed by atoms with van der Waals surface area (Å²) in [6, 6.07) is 2.86. The monoisotopic (exact) mass is 301 g/mol. The minimum Gasteiger partial charge on any atom is -0.467 e. The molecule has 1 atom stereocenters. The molecule has 0 bridgehead atoms. The van der Waals surface area contributed by atoms with Crippen LogP contribution in [0.5, 0.6) is 0 Å². The Kier molecular flexibility index (Phi) is 4.21. The molecule has 0 amide bonds. The quantitative estimate of drug-likeness (QED) is 0.729. The highest BCUT2D eigenvalue weighted by Crippen LogP contribution is 2.22. The van der Waals surface area contributed by atoms with E-state index in [1.807, 2.05) is 0 Å². The van der Waals surface area contributed by atoms with E-state index in [0.717, 1.165) is 4.31 Å². The minimum atomic E-state index is -3.81. The van der Waals surface area contributed by atoms with Crippen LogP contribution in [0.2, 0.25) is 0 Å². The first-order valence-electron chi connectivity index (χ1n) is 5.87. The van der Waals surface area contributed by atoms with Gasteiger partial charge in [0.05, 0.1) is 20.3 Å². The van der Waals surface area contributed by atoms with Gasteiger partial charge in [0.1, 0.15) is 10.7 Å². The molecular weight excluding hydrogens is 286 g/mol. The van der Waals surface area contributed by atoms with Gasteiger partial charge in [0.15, 0.2) is 6.10 Å². The van der Waals surface area contributed by atoms with Crippen LogP contribution in [0.1, 0.15) is 0 Å². The average Bonchev–Trinajstić information content (AvgIpc) is 2.47. The number of rotatable bonds is 3. The summed E-state index contributed by atoms with van der Waals surface area (Å²) in [6.45, 7) is 0.146. The number of ether oxygens (including phenoxy) is 2. The fourth-order valence-electron chi connectivity index (χ4n) is 1.88. The Labute approximate surface area is 116 Å². The lowest BCUT2D eigenvalue weighted by molar-refractivity contribution is -0.157. The Bertz CT molecular complexity index is 604. The molecule has 1 aliphatic rings. The van der Waals surface area contributed by atoms with Gasteiger partial charge in [0.2, 0.25) is 10.0 Å². The molecule has 2 N–H and O–H groups in total. The van der Waals surface area contributed by atoms with Gasteiger partial charge in [-0.05, 0) is 12.1 Å². The van der Waals surface area contributed by atoms with Crippen molar-refractivity contribution in [2.24, 2.45) is 0 Å². The molecule has 1 aliphatic heterocycles. The molecule has 9 heteroatoms. The van der Waals surface area contributed by atoms with Gasteiger partial charge >= 0.3 is 5.97 Å². The molecule has 20 heavy (non-hydrogen) atoms. The van der Waals surface area contributed by atoms with E-state index in [1.165, 1.54) is 25.4 Å². The van der Waals surface area contributed by atoms with Gasteiger partial charge in [-0.1, -0.05) is 0 Å². The number of methoxy groups -OCH3 is 1. The molecule has 110 valence electrons. The zero-order chi connectivity index (χ0) is 14.8. The average molecular weight is 301 g/mol. The first kappa shape index (κ1) is 14.7. The van der Waals surface area contributed by atoms with Crippen molar-refractivity contribution in [1.29, 1.82) is 0 Å². The van der Waals surface area contributed by atoms with E-state index in [9.17, 15) is 13.2 Å². The number of aromatic nitrogens is 1. The minimum absolute atomic E-state index is 0.0754. The number of hydrogen-bond donors (Lipinski definition) is 1. The lowest BCUT2D eigenvalue weighted by Gasteiger charge is -2.30. The van der Waals surface area contributed by atoms with Crippen molar-refractivity contribution in [3.8, 4) is 0 Å². The normalized spacial score (nSPS) is 20.6. The number of nitrogens with two attached hydrogens (primary N) is 1. The first-order chi connectivity index (χ1) is 9.46. The van der Waals surface area contributed by atoms with E-state index >= 15 is 0 Å². The molecule has 1 aromatic heterocycles. The number of sulfonamides is 1. The summed E-state index contributed by atoms with van der Waals surface area (Å²) in [4.78, 5) is 15.1. The van der Waals surface area contributed by atoms with E-state index < -0.39 is 22.1 Å². The summed E-state index contributed by atoms with van der Waals surface area (Å²) in [7, 11) is -2.59. The summed E-state index contributed by atoms with van der Waals surface area (Å²) >= 11 is 0. The molecule has 8 nitrogen and oxygen atoms in total. The van der Waals surface area contributed by atoms with Crippen LogP contribution in [0.15, 0.2) is 23.2 Å². The number of morpholine rings is 1. The highest BCUT2D eigenvalue weighted by Gasteiger charge is 2.35. The Balaban J connectivity index is 2.26. The standard InChI is InChI=1S/C11H15N3O5S/c1-18-11(15)8-7-14(5-6-19-8)20(16,17)9-3-2-4-13-10(9)12/h2-4,8H,5-7H2,1H3,(H2,12,13). The van der Waals surface area contributed by atoms with Crippen LogP contribution in [-0.2, 0) is 24.3 Å². The van der Waals surface area contributed by atoms with Crippen LogP contribution >= 0.6 is 0 Å². The molecular formula is C11H15N3O5S. The van der Waals surface area contributed by atoms with E-state index in [2.05, 4.69) is 9.72 Å². The zero-order valence-corrected chi connectivity index (χ0v) is 11.7. The van der Waals surface area contributed by atoms with Crippen molar-refractivity contribution in [1.82, 2.24) is 9.29 Å². The van der Waals surface area contributed by atoms with E-state index in [-0.39, 0.29) is 30.4 Å². The Morgan fingerprint density at radius 3 is 3.00 bits per heavy atom.